The van der Waals surface area contributed by atoms with Crippen molar-refractivity contribution in [2.75, 3.05) is 13.1 Å². The molecule has 2 N–H and O–H groups in total. The number of carboxylic acids is 1. The van der Waals surface area contributed by atoms with E-state index in [1.54, 1.807) is 4.90 Å². The first-order valence-corrected chi connectivity index (χ1v) is 7.98. The summed E-state index contributed by atoms with van der Waals surface area (Å²) in [5.41, 5.74) is 1.71. The van der Waals surface area contributed by atoms with Crippen LogP contribution in [0.1, 0.15) is 43.4 Å². The number of amides is 2. The highest BCUT2D eigenvalue weighted by molar-refractivity contribution is 5.80. The van der Waals surface area contributed by atoms with Gasteiger partial charge in [0.1, 0.15) is 0 Å². The van der Waals surface area contributed by atoms with Gasteiger partial charge in [-0.1, -0.05) is 24.3 Å². The molecule has 0 aromatic heterocycles. The molecule has 1 aromatic rings. The number of rotatable bonds is 2. The fourth-order valence-corrected chi connectivity index (χ4v) is 3.59. The average Bonchev–Trinajstić information content (AvgIpc) is 2.85. The van der Waals surface area contributed by atoms with Gasteiger partial charge in [-0.15, -0.1) is 0 Å². The molecule has 0 radical (unpaired) electrons. The van der Waals surface area contributed by atoms with Crippen LogP contribution in [0.25, 0.3) is 0 Å². The van der Waals surface area contributed by atoms with Crippen molar-refractivity contribution in [3.8, 4) is 0 Å². The molecule has 3 rings (SSSR count). The number of fused-ring (bicyclic) bond motifs is 1. The van der Waals surface area contributed by atoms with Crippen LogP contribution in [0, 0.1) is 0 Å². The van der Waals surface area contributed by atoms with Crippen LogP contribution in [0.2, 0.25) is 0 Å². The molecule has 1 aromatic carbocycles. The summed E-state index contributed by atoms with van der Waals surface area (Å²) in [4.78, 5) is 25.7. The second-order valence-corrected chi connectivity index (χ2v) is 6.42. The maximum Gasteiger partial charge on any atom is 0.318 e. The quantitative estimate of drug-likeness (QED) is 0.875. The molecule has 0 bridgehead atoms. The Morgan fingerprint density at radius 3 is 2.39 bits per heavy atom. The standard InChI is InChI=1S/C17H22N2O4/c1-10-8-19(9-11(2)23-10)17(22)18-15-7-14(16(20)21)12-5-3-4-6-13(12)15/h3-6,10-11,14-15H,7-9H2,1-2H3,(H,18,22)(H,20,21)/t10-,11+,14?,15?. The van der Waals surface area contributed by atoms with Crippen molar-refractivity contribution in [1.29, 1.82) is 0 Å². The van der Waals surface area contributed by atoms with Crippen LogP contribution in [-0.2, 0) is 9.53 Å². The molecular weight excluding hydrogens is 296 g/mol. The number of urea groups is 1. The molecular formula is C17H22N2O4. The number of ether oxygens (including phenoxy) is 1. The summed E-state index contributed by atoms with van der Waals surface area (Å²) in [6.45, 7) is 4.99. The first-order chi connectivity index (χ1) is 11.0. The second kappa shape index (κ2) is 6.20. The molecule has 1 saturated heterocycles. The number of hydrogen-bond acceptors (Lipinski definition) is 3. The van der Waals surface area contributed by atoms with Gasteiger partial charge >= 0.3 is 12.0 Å². The average molecular weight is 318 g/mol. The lowest BCUT2D eigenvalue weighted by Crippen LogP contribution is -2.52. The fraction of sp³-hybridized carbons (Fsp3) is 0.529. The predicted octanol–water partition coefficient (Wildman–Crippen LogP) is 2.12. The largest absolute Gasteiger partial charge is 0.481 e. The number of nitrogens with zero attached hydrogens (tertiary/aromatic N) is 1. The van der Waals surface area contributed by atoms with Gasteiger partial charge in [0, 0.05) is 13.1 Å². The van der Waals surface area contributed by atoms with E-state index in [0.717, 1.165) is 11.1 Å². The highest BCUT2D eigenvalue weighted by Crippen LogP contribution is 2.40. The van der Waals surface area contributed by atoms with Gasteiger partial charge in [-0.3, -0.25) is 4.79 Å². The first kappa shape index (κ1) is 15.8. The van der Waals surface area contributed by atoms with E-state index in [0.29, 0.717) is 19.5 Å². The number of carbonyl (C=O) groups excluding carboxylic acids is 1. The van der Waals surface area contributed by atoms with Crippen LogP contribution < -0.4 is 5.32 Å². The predicted molar refractivity (Wildman–Crippen MR) is 84.3 cm³/mol. The second-order valence-electron chi connectivity index (χ2n) is 6.42. The third kappa shape index (κ3) is 3.17. The lowest BCUT2D eigenvalue weighted by molar-refractivity contribution is -0.138. The molecule has 2 unspecified atom stereocenters. The lowest BCUT2D eigenvalue weighted by Gasteiger charge is -2.36. The van der Waals surface area contributed by atoms with E-state index in [9.17, 15) is 14.7 Å². The molecule has 2 amide bonds. The van der Waals surface area contributed by atoms with E-state index in [-0.39, 0.29) is 24.3 Å². The minimum absolute atomic E-state index is 0.00660. The molecule has 4 atom stereocenters. The monoisotopic (exact) mass is 318 g/mol. The zero-order chi connectivity index (χ0) is 16.6. The van der Waals surface area contributed by atoms with Gasteiger partial charge in [-0.05, 0) is 31.4 Å². The Kier molecular flexibility index (Phi) is 4.26. The molecule has 6 nitrogen and oxygen atoms in total. The fourth-order valence-electron chi connectivity index (χ4n) is 3.59. The van der Waals surface area contributed by atoms with Crippen LogP contribution >= 0.6 is 0 Å². The Morgan fingerprint density at radius 2 is 1.78 bits per heavy atom. The summed E-state index contributed by atoms with van der Waals surface area (Å²) in [5.74, 6) is -1.40. The summed E-state index contributed by atoms with van der Waals surface area (Å²) < 4.78 is 5.64. The van der Waals surface area contributed by atoms with E-state index in [4.69, 9.17) is 4.74 Å². The van der Waals surface area contributed by atoms with Crippen LogP contribution in [-0.4, -0.2) is 47.3 Å². The molecule has 23 heavy (non-hydrogen) atoms. The Morgan fingerprint density at radius 1 is 1.17 bits per heavy atom. The van der Waals surface area contributed by atoms with Gasteiger partial charge in [0.05, 0.1) is 24.2 Å². The van der Waals surface area contributed by atoms with Crippen molar-refractivity contribution in [2.24, 2.45) is 0 Å². The molecule has 1 aliphatic heterocycles. The summed E-state index contributed by atoms with van der Waals surface area (Å²) in [7, 11) is 0. The molecule has 1 fully saturated rings. The van der Waals surface area contributed by atoms with Crippen molar-refractivity contribution in [3.63, 3.8) is 0 Å². The van der Waals surface area contributed by atoms with Crippen molar-refractivity contribution in [3.05, 3.63) is 35.4 Å². The van der Waals surface area contributed by atoms with Crippen LogP contribution in [0.5, 0.6) is 0 Å². The number of nitrogens with one attached hydrogen (secondary N) is 1. The Labute approximate surface area is 135 Å². The third-order valence-corrected chi connectivity index (χ3v) is 4.52. The lowest BCUT2D eigenvalue weighted by atomic mass is 10.0. The number of aliphatic carboxylic acids is 1. The number of morpholine rings is 1. The molecule has 2 aliphatic rings. The SMILES string of the molecule is C[C@@H]1CN(C(=O)NC2CC(C(=O)O)c3ccccc32)C[C@H](C)O1. The van der Waals surface area contributed by atoms with Gasteiger partial charge in [-0.25, -0.2) is 4.79 Å². The summed E-state index contributed by atoms with van der Waals surface area (Å²) >= 11 is 0. The van der Waals surface area contributed by atoms with Crippen LogP contribution in [0.15, 0.2) is 24.3 Å². The van der Waals surface area contributed by atoms with E-state index >= 15 is 0 Å². The first-order valence-electron chi connectivity index (χ1n) is 7.98. The highest BCUT2D eigenvalue weighted by Gasteiger charge is 2.37. The number of hydrogen-bond donors (Lipinski definition) is 2. The Bertz CT molecular complexity index is 608. The minimum atomic E-state index is -0.845. The maximum absolute atomic E-state index is 12.5. The highest BCUT2D eigenvalue weighted by atomic mass is 16.5. The normalized spacial score (nSPS) is 29.9. The molecule has 1 aliphatic carbocycles. The van der Waals surface area contributed by atoms with E-state index < -0.39 is 11.9 Å². The third-order valence-electron chi connectivity index (χ3n) is 4.52. The summed E-state index contributed by atoms with van der Waals surface area (Å²) in [6.07, 6.45) is 0.412. The van der Waals surface area contributed by atoms with Gasteiger partial charge in [0.15, 0.2) is 0 Å². The summed E-state index contributed by atoms with van der Waals surface area (Å²) in [5, 5.41) is 12.4. The van der Waals surface area contributed by atoms with Crippen molar-refractivity contribution >= 4 is 12.0 Å². The van der Waals surface area contributed by atoms with Crippen molar-refractivity contribution < 1.29 is 19.4 Å². The maximum atomic E-state index is 12.5. The zero-order valence-corrected chi connectivity index (χ0v) is 13.4. The molecule has 124 valence electrons. The van der Waals surface area contributed by atoms with Crippen molar-refractivity contribution in [2.45, 2.75) is 44.4 Å². The zero-order valence-electron chi connectivity index (χ0n) is 13.4. The number of benzene rings is 1. The van der Waals surface area contributed by atoms with Gasteiger partial charge in [0.2, 0.25) is 0 Å². The Balaban J connectivity index is 1.73. The van der Waals surface area contributed by atoms with Gasteiger partial charge in [-0.2, -0.15) is 0 Å². The molecule has 0 saturated carbocycles. The van der Waals surface area contributed by atoms with Crippen molar-refractivity contribution in [1.82, 2.24) is 10.2 Å². The van der Waals surface area contributed by atoms with Crippen LogP contribution in [0.3, 0.4) is 0 Å². The van der Waals surface area contributed by atoms with E-state index in [1.807, 2.05) is 38.1 Å². The smallest absolute Gasteiger partial charge is 0.318 e. The topological polar surface area (TPSA) is 78.9 Å². The van der Waals surface area contributed by atoms with Gasteiger partial charge < -0.3 is 20.1 Å². The van der Waals surface area contributed by atoms with E-state index in [2.05, 4.69) is 5.32 Å². The van der Waals surface area contributed by atoms with Crippen LogP contribution in [0.4, 0.5) is 4.79 Å². The number of carboxylic acid groups (broad SMARTS) is 1. The molecule has 1 heterocycles. The van der Waals surface area contributed by atoms with E-state index in [1.165, 1.54) is 0 Å². The minimum Gasteiger partial charge on any atom is -0.481 e. The molecule has 0 spiro atoms. The molecule has 6 heteroatoms. The summed E-state index contributed by atoms with van der Waals surface area (Å²) in [6, 6.07) is 7.03. The Hall–Kier alpha value is -2.08. The van der Waals surface area contributed by atoms with Gasteiger partial charge in [0.25, 0.3) is 0 Å². The number of carbonyl (C=O) groups is 2.